The Morgan fingerprint density at radius 3 is 2.82 bits per heavy atom. The van der Waals surface area contributed by atoms with Crippen LogP contribution in [0.15, 0.2) is 14.8 Å². The molecule has 11 heavy (non-hydrogen) atoms. The van der Waals surface area contributed by atoms with Crippen molar-refractivity contribution in [3.05, 3.63) is 9.81 Å². The zero-order valence-electron chi connectivity index (χ0n) is 5.91. The van der Waals surface area contributed by atoms with Crippen molar-refractivity contribution in [1.82, 2.24) is 0 Å². The molecule has 0 bridgehead atoms. The lowest BCUT2D eigenvalue weighted by Crippen LogP contribution is -2.17. The molecule has 2 aliphatic rings. The Hall–Kier alpha value is -0.130. The van der Waals surface area contributed by atoms with Crippen LogP contribution in [-0.4, -0.2) is 23.5 Å². The fourth-order valence-corrected chi connectivity index (χ4v) is 3.49. The first-order chi connectivity index (χ1) is 5.29. The standard InChI is InChI=1S/C6H9N3S2/c7-5-3-4(6(8)9-5)11-2-1-10-3/h5H,1-2,7H2,(H2,8,9). The van der Waals surface area contributed by atoms with E-state index in [1.807, 2.05) is 0 Å². The van der Waals surface area contributed by atoms with E-state index in [0.717, 1.165) is 16.4 Å². The number of nitrogens with two attached hydrogens (primary N) is 2. The predicted molar refractivity (Wildman–Crippen MR) is 51.5 cm³/mol. The normalized spacial score (nSPS) is 30.3. The van der Waals surface area contributed by atoms with Crippen LogP contribution in [0.3, 0.4) is 0 Å². The summed E-state index contributed by atoms with van der Waals surface area (Å²) in [6, 6.07) is 0. The number of hydrogen-bond acceptors (Lipinski definition) is 5. The number of hydrogen-bond donors (Lipinski definition) is 2. The molecule has 3 nitrogen and oxygen atoms in total. The lowest BCUT2D eigenvalue weighted by atomic mass is 10.5. The summed E-state index contributed by atoms with van der Waals surface area (Å²) in [4.78, 5) is 6.37. The first-order valence-electron chi connectivity index (χ1n) is 3.38. The molecule has 0 aromatic carbocycles. The average Bonchev–Trinajstić information content (AvgIpc) is 2.30. The Balaban J connectivity index is 2.34. The maximum Gasteiger partial charge on any atom is 0.135 e. The van der Waals surface area contributed by atoms with Crippen LogP contribution < -0.4 is 11.5 Å². The molecular formula is C6H9N3S2. The molecule has 0 aliphatic carbocycles. The lowest BCUT2D eigenvalue weighted by Gasteiger charge is -2.14. The van der Waals surface area contributed by atoms with Gasteiger partial charge in [-0.3, -0.25) is 0 Å². The quantitative estimate of drug-likeness (QED) is 0.574. The average molecular weight is 187 g/mol. The molecule has 0 aromatic rings. The monoisotopic (exact) mass is 187 g/mol. The highest BCUT2D eigenvalue weighted by atomic mass is 32.2. The van der Waals surface area contributed by atoms with E-state index in [-0.39, 0.29) is 6.17 Å². The molecule has 1 unspecified atom stereocenters. The summed E-state index contributed by atoms with van der Waals surface area (Å²) < 4.78 is 0. The van der Waals surface area contributed by atoms with Crippen LogP contribution in [-0.2, 0) is 0 Å². The first-order valence-corrected chi connectivity index (χ1v) is 5.35. The van der Waals surface area contributed by atoms with Gasteiger partial charge in [0.2, 0.25) is 0 Å². The molecule has 60 valence electrons. The topological polar surface area (TPSA) is 64.4 Å². The zero-order valence-corrected chi connectivity index (χ0v) is 7.54. The van der Waals surface area contributed by atoms with E-state index in [1.165, 1.54) is 4.91 Å². The SMILES string of the molecule is NC1=NC(N)C2=C1SCCS2. The largest absolute Gasteiger partial charge is 0.383 e. The Morgan fingerprint density at radius 2 is 2.09 bits per heavy atom. The molecule has 0 amide bonds. The molecule has 0 aromatic heterocycles. The molecule has 0 saturated heterocycles. The van der Waals surface area contributed by atoms with E-state index in [0.29, 0.717) is 5.84 Å². The highest BCUT2D eigenvalue weighted by Gasteiger charge is 2.27. The van der Waals surface area contributed by atoms with E-state index >= 15 is 0 Å². The van der Waals surface area contributed by atoms with Gasteiger partial charge in [0.25, 0.3) is 0 Å². The van der Waals surface area contributed by atoms with Crippen molar-refractivity contribution in [2.75, 3.05) is 11.5 Å². The van der Waals surface area contributed by atoms with Crippen molar-refractivity contribution in [3.63, 3.8) is 0 Å². The van der Waals surface area contributed by atoms with E-state index < -0.39 is 0 Å². The number of thioether (sulfide) groups is 2. The highest BCUT2D eigenvalue weighted by Crippen LogP contribution is 2.38. The minimum Gasteiger partial charge on any atom is -0.383 e. The number of nitrogens with zero attached hydrogens (tertiary/aromatic N) is 1. The molecule has 1 atom stereocenters. The van der Waals surface area contributed by atoms with Gasteiger partial charge in [-0.05, 0) is 0 Å². The van der Waals surface area contributed by atoms with E-state index in [9.17, 15) is 0 Å². The summed E-state index contributed by atoms with van der Waals surface area (Å²) >= 11 is 3.55. The second-order valence-electron chi connectivity index (χ2n) is 2.35. The van der Waals surface area contributed by atoms with Crippen molar-refractivity contribution in [1.29, 1.82) is 0 Å². The van der Waals surface area contributed by atoms with Crippen LogP contribution in [0.1, 0.15) is 0 Å². The molecule has 4 N–H and O–H groups in total. The van der Waals surface area contributed by atoms with Gasteiger partial charge >= 0.3 is 0 Å². The van der Waals surface area contributed by atoms with Gasteiger partial charge in [-0.25, -0.2) is 4.99 Å². The van der Waals surface area contributed by atoms with E-state index in [1.54, 1.807) is 23.5 Å². The van der Waals surface area contributed by atoms with Crippen molar-refractivity contribution < 1.29 is 0 Å². The van der Waals surface area contributed by atoms with Crippen LogP contribution in [0.25, 0.3) is 0 Å². The van der Waals surface area contributed by atoms with Crippen LogP contribution in [0.2, 0.25) is 0 Å². The molecule has 0 spiro atoms. The van der Waals surface area contributed by atoms with Crippen LogP contribution in [0.5, 0.6) is 0 Å². The smallest absolute Gasteiger partial charge is 0.135 e. The van der Waals surface area contributed by atoms with Gasteiger partial charge in [-0.1, -0.05) is 0 Å². The third-order valence-electron chi connectivity index (χ3n) is 1.59. The van der Waals surface area contributed by atoms with Gasteiger partial charge in [0.1, 0.15) is 12.0 Å². The molecule has 0 saturated carbocycles. The Morgan fingerprint density at radius 1 is 1.36 bits per heavy atom. The molecule has 2 heterocycles. The summed E-state index contributed by atoms with van der Waals surface area (Å²) in [5.41, 5.74) is 11.4. The number of aliphatic imine (C=N–C) groups is 1. The van der Waals surface area contributed by atoms with Gasteiger partial charge in [0.15, 0.2) is 0 Å². The second-order valence-corrected chi connectivity index (χ2v) is 4.59. The number of rotatable bonds is 0. The molecule has 2 rings (SSSR count). The van der Waals surface area contributed by atoms with Crippen molar-refractivity contribution in [3.8, 4) is 0 Å². The van der Waals surface area contributed by atoms with Gasteiger partial charge in [0, 0.05) is 16.4 Å². The minimum atomic E-state index is -0.178. The first kappa shape index (κ1) is 7.52. The van der Waals surface area contributed by atoms with Gasteiger partial charge in [0.05, 0.1) is 4.91 Å². The summed E-state index contributed by atoms with van der Waals surface area (Å²) in [5.74, 6) is 2.87. The van der Waals surface area contributed by atoms with Gasteiger partial charge < -0.3 is 11.5 Å². The maximum absolute atomic E-state index is 5.72. The fourth-order valence-electron chi connectivity index (χ4n) is 1.12. The van der Waals surface area contributed by atoms with E-state index in [4.69, 9.17) is 11.5 Å². The summed E-state index contributed by atoms with van der Waals surface area (Å²) in [7, 11) is 0. The van der Waals surface area contributed by atoms with Crippen molar-refractivity contribution in [2.24, 2.45) is 16.5 Å². The zero-order chi connectivity index (χ0) is 7.84. The highest BCUT2D eigenvalue weighted by molar-refractivity contribution is 8.10. The van der Waals surface area contributed by atoms with Crippen LogP contribution >= 0.6 is 23.5 Å². The Kier molecular flexibility index (Phi) is 1.86. The van der Waals surface area contributed by atoms with Crippen molar-refractivity contribution in [2.45, 2.75) is 6.17 Å². The van der Waals surface area contributed by atoms with Gasteiger partial charge in [-0.2, -0.15) is 0 Å². The Labute approximate surface area is 73.7 Å². The van der Waals surface area contributed by atoms with Crippen LogP contribution in [0, 0.1) is 0 Å². The van der Waals surface area contributed by atoms with E-state index in [2.05, 4.69) is 4.99 Å². The van der Waals surface area contributed by atoms with Crippen LogP contribution in [0.4, 0.5) is 0 Å². The van der Waals surface area contributed by atoms with Gasteiger partial charge in [-0.15, -0.1) is 23.5 Å². The predicted octanol–water partition coefficient (Wildman–Crippen LogP) is 0.334. The summed E-state index contributed by atoms with van der Waals surface area (Å²) in [6.07, 6.45) is -0.178. The molecule has 2 aliphatic heterocycles. The van der Waals surface area contributed by atoms with Crippen molar-refractivity contribution >= 4 is 29.4 Å². The third kappa shape index (κ3) is 1.17. The molecule has 0 radical (unpaired) electrons. The fraction of sp³-hybridized carbons (Fsp3) is 0.500. The molecule has 5 heteroatoms. The third-order valence-corrected chi connectivity index (χ3v) is 4.27. The lowest BCUT2D eigenvalue weighted by molar-refractivity contribution is 0.880. The molecular weight excluding hydrogens is 178 g/mol. The Bertz CT molecular complexity index is 246. The summed E-state index contributed by atoms with van der Waals surface area (Å²) in [5, 5.41) is 0. The molecule has 0 fully saturated rings. The summed E-state index contributed by atoms with van der Waals surface area (Å²) in [6.45, 7) is 0. The second kappa shape index (κ2) is 2.73. The maximum atomic E-state index is 5.72. The minimum absolute atomic E-state index is 0.178. The number of amidine groups is 1.